The minimum Gasteiger partial charge on any atom is -0.423 e. The molecule has 2 aromatic rings. The average Bonchev–Trinajstić information content (AvgIpc) is 2.42. The maximum Gasteiger partial charge on any atom is 0.349 e. The second kappa shape index (κ2) is 5.69. The fourth-order valence-corrected chi connectivity index (χ4v) is 1.88. The molecule has 0 amide bonds. The van der Waals surface area contributed by atoms with Crippen molar-refractivity contribution in [2.24, 2.45) is 0 Å². The quantitative estimate of drug-likeness (QED) is 0.639. The van der Waals surface area contributed by atoms with Crippen molar-refractivity contribution in [2.75, 3.05) is 0 Å². The summed E-state index contributed by atoms with van der Waals surface area (Å²) in [5, 5.41) is 0. The first-order valence-electron chi connectivity index (χ1n) is 6.21. The van der Waals surface area contributed by atoms with Crippen molar-refractivity contribution < 1.29 is 13.9 Å². The zero-order chi connectivity index (χ0) is 14.7. The summed E-state index contributed by atoms with van der Waals surface area (Å²) in [6.45, 7) is 4.09. The van der Waals surface area contributed by atoms with E-state index in [1.165, 1.54) is 34.9 Å². The van der Waals surface area contributed by atoms with Crippen molar-refractivity contribution in [1.82, 2.24) is 4.57 Å². The lowest BCUT2D eigenvalue weighted by Crippen LogP contribution is -2.29. The van der Waals surface area contributed by atoms with Gasteiger partial charge in [-0.3, -0.25) is 4.79 Å². The lowest BCUT2D eigenvalue weighted by atomic mass is 10.2. The first-order valence-corrected chi connectivity index (χ1v) is 6.21. The Bertz CT molecular complexity index is 689. The molecule has 0 bridgehead atoms. The Morgan fingerprint density at radius 2 is 1.85 bits per heavy atom. The molecule has 20 heavy (non-hydrogen) atoms. The van der Waals surface area contributed by atoms with Crippen molar-refractivity contribution >= 4 is 5.97 Å². The van der Waals surface area contributed by atoms with Crippen LogP contribution in [0.25, 0.3) is 0 Å². The smallest absolute Gasteiger partial charge is 0.349 e. The number of aromatic nitrogens is 1. The zero-order valence-electron chi connectivity index (χ0n) is 11.2. The molecule has 0 N–H and O–H groups in total. The van der Waals surface area contributed by atoms with Crippen LogP contribution in [0.2, 0.25) is 0 Å². The predicted molar refractivity (Wildman–Crippen MR) is 72.5 cm³/mol. The van der Waals surface area contributed by atoms with Gasteiger partial charge in [0, 0.05) is 12.2 Å². The molecule has 0 spiro atoms. The van der Waals surface area contributed by atoms with Crippen molar-refractivity contribution in [3.63, 3.8) is 0 Å². The van der Waals surface area contributed by atoms with Crippen LogP contribution in [0.4, 0.5) is 4.39 Å². The van der Waals surface area contributed by atoms with E-state index in [9.17, 15) is 14.0 Å². The van der Waals surface area contributed by atoms with Gasteiger partial charge in [0.2, 0.25) is 0 Å². The molecule has 0 aliphatic rings. The third-order valence-corrected chi connectivity index (χ3v) is 2.95. The summed E-state index contributed by atoms with van der Waals surface area (Å²) in [5.41, 5.74) is 0.345. The van der Waals surface area contributed by atoms with Crippen LogP contribution in [0.5, 0.6) is 5.75 Å². The Balaban J connectivity index is 2.30. The lowest BCUT2D eigenvalue weighted by Gasteiger charge is -2.09. The largest absolute Gasteiger partial charge is 0.423 e. The lowest BCUT2D eigenvalue weighted by molar-refractivity contribution is 0.0732. The Morgan fingerprint density at radius 3 is 2.45 bits per heavy atom. The molecule has 0 aliphatic heterocycles. The first-order chi connectivity index (χ1) is 9.52. The standard InChI is InChI=1S/C15H14FNO3/c1-3-17-10(2)4-9-13(14(17)18)15(19)20-12-7-5-11(16)6-8-12/h4-9H,3H2,1-2H3. The molecule has 5 heteroatoms. The molecule has 0 atom stereocenters. The second-order valence-electron chi connectivity index (χ2n) is 4.28. The van der Waals surface area contributed by atoms with Crippen molar-refractivity contribution in [3.8, 4) is 5.75 Å². The molecule has 0 radical (unpaired) electrons. The minimum atomic E-state index is -0.746. The van der Waals surface area contributed by atoms with Gasteiger partial charge in [0.15, 0.2) is 0 Å². The van der Waals surface area contributed by atoms with Gasteiger partial charge in [0.1, 0.15) is 17.1 Å². The van der Waals surface area contributed by atoms with Crippen LogP contribution < -0.4 is 10.3 Å². The SMILES string of the molecule is CCn1c(C)ccc(C(=O)Oc2ccc(F)cc2)c1=O. The van der Waals surface area contributed by atoms with Gasteiger partial charge < -0.3 is 9.30 Å². The number of nitrogens with zero attached hydrogens (tertiary/aromatic N) is 1. The molecule has 0 fully saturated rings. The van der Waals surface area contributed by atoms with E-state index in [1.807, 2.05) is 6.92 Å². The number of aryl methyl sites for hydroxylation is 1. The molecule has 104 valence electrons. The van der Waals surface area contributed by atoms with Gasteiger partial charge in [0.05, 0.1) is 0 Å². The third-order valence-electron chi connectivity index (χ3n) is 2.95. The summed E-state index contributed by atoms with van der Waals surface area (Å²) < 4.78 is 19.3. The summed E-state index contributed by atoms with van der Waals surface area (Å²) >= 11 is 0. The summed E-state index contributed by atoms with van der Waals surface area (Å²) in [6.07, 6.45) is 0. The van der Waals surface area contributed by atoms with E-state index in [0.717, 1.165) is 5.69 Å². The molecule has 0 unspecified atom stereocenters. The molecule has 0 saturated carbocycles. The van der Waals surface area contributed by atoms with Crippen molar-refractivity contribution in [2.45, 2.75) is 20.4 Å². The van der Waals surface area contributed by atoms with E-state index in [2.05, 4.69) is 0 Å². The molecule has 0 aliphatic carbocycles. The maximum atomic E-state index is 12.8. The van der Waals surface area contributed by atoms with E-state index in [0.29, 0.717) is 6.54 Å². The molecule has 4 nitrogen and oxygen atoms in total. The Morgan fingerprint density at radius 1 is 1.20 bits per heavy atom. The highest BCUT2D eigenvalue weighted by atomic mass is 19.1. The van der Waals surface area contributed by atoms with E-state index in [4.69, 9.17) is 4.74 Å². The summed E-state index contributed by atoms with van der Waals surface area (Å²) in [7, 11) is 0. The molecular formula is C15H14FNO3. The summed E-state index contributed by atoms with van der Waals surface area (Å²) in [5.74, 6) is -0.975. The Labute approximate surface area is 115 Å². The molecule has 1 aromatic heterocycles. The number of hydrogen-bond donors (Lipinski definition) is 0. The minimum absolute atomic E-state index is 0.0400. The van der Waals surface area contributed by atoms with Crippen molar-refractivity contribution in [3.05, 3.63) is 63.8 Å². The molecule has 0 saturated heterocycles. The second-order valence-corrected chi connectivity index (χ2v) is 4.28. The number of esters is 1. The van der Waals surface area contributed by atoms with E-state index >= 15 is 0 Å². The normalized spacial score (nSPS) is 10.3. The van der Waals surface area contributed by atoms with Crippen molar-refractivity contribution in [1.29, 1.82) is 0 Å². The highest BCUT2D eigenvalue weighted by Gasteiger charge is 2.15. The number of carbonyl (C=O) groups excluding carboxylic acids is 1. The van der Waals surface area contributed by atoms with Gasteiger partial charge in [-0.05, 0) is 50.2 Å². The van der Waals surface area contributed by atoms with Gasteiger partial charge in [-0.2, -0.15) is 0 Å². The average molecular weight is 275 g/mol. The number of halogens is 1. The van der Waals surface area contributed by atoms with Crippen LogP contribution in [-0.2, 0) is 6.54 Å². The van der Waals surface area contributed by atoms with Crippen LogP contribution in [0, 0.1) is 12.7 Å². The monoisotopic (exact) mass is 275 g/mol. The number of benzene rings is 1. The van der Waals surface area contributed by atoms with Crippen LogP contribution in [-0.4, -0.2) is 10.5 Å². The number of ether oxygens (including phenoxy) is 1. The van der Waals surface area contributed by atoms with Crippen LogP contribution in [0.1, 0.15) is 23.0 Å². The van der Waals surface area contributed by atoms with Gasteiger partial charge >= 0.3 is 5.97 Å². The molecule has 1 heterocycles. The Hall–Kier alpha value is -2.43. The van der Waals surface area contributed by atoms with Gasteiger partial charge in [0.25, 0.3) is 5.56 Å². The van der Waals surface area contributed by atoms with Gasteiger partial charge in [-0.1, -0.05) is 0 Å². The van der Waals surface area contributed by atoms with E-state index in [1.54, 1.807) is 13.0 Å². The Kier molecular flexibility index (Phi) is 3.98. The van der Waals surface area contributed by atoms with Gasteiger partial charge in [-0.25, -0.2) is 9.18 Å². The van der Waals surface area contributed by atoms with E-state index in [-0.39, 0.29) is 16.9 Å². The number of pyridine rings is 1. The topological polar surface area (TPSA) is 48.3 Å². The highest BCUT2D eigenvalue weighted by molar-refractivity contribution is 5.90. The highest BCUT2D eigenvalue weighted by Crippen LogP contribution is 2.12. The van der Waals surface area contributed by atoms with E-state index < -0.39 is 11.8 Å². The number of hydrogen-bond acceptors (Lipinski definition) is 3. The first kappa shape index (κ1) is 14.0. The molecule has 1 aromatic carbocycles. The zero-order valence-corrected chi connectivity index (χ0v) is 11.2. The van der Waals surface area contributed by atoms with Crippen LogP contribution in [0.3, 0.4) is 0 Å². The van der Waals surface area contributed by atoms with Crippen LogP contribution >= 0.6 is 0 Å². The predicted octanol–water partition coefficient (Wildman–Crippen LogP) is 2.53. The maximum absolute atomic E-state index is 12.8. The number of rotatable bonds is 3. The molecular weight excluding hydrogens is 261 g/mol. The summed E-state index contributed by atoms with van der Waals surface area (Å²) in [6, 6.07) is 8.16. The fourth-order valence-electron chi connectivity index (χ4n) is 1.88. The number of carbonyl (C=O) groups is 1. The molecule has 2 rings (SSSR count). The van der Waals surface area contributed by atoms with Gasteiger partial charge in [-0.15, -0.1) is 0 Å². The third kappa shape index (κ3) is 2.77. The fraction of sp³-hybridized carbons (Fsp3) is 0.200. The summed E-state index contributed by atoms with van der Waals surface area (Å²) in [4.78, 5) is 24.1. The van der Waals surface area contributed by atoms with Crippen LogP contribution in [0.15, 0.2) is 41.2 Å².